The number of hydrogen-bond donors (Lipinski definition) is 0. The van der Waals surface area contributed by atoms with Crippen LogP contribution in [0.5, 0.6) is 0 Å². The Hall–Kier alpha value is -4.72. The third kappa shape index (κ3) is 8.17. The Bertz CT molecular complexity index is 2410. The zero-order chi connectivity index (χ0) is 36.1. The van der Waals surface area contributed by atoms with Crippen LogP contribution in [0, 0.1) is 0 Å². The molecule has 1 fully saturated rings. The Morgan fingerprint density at radius 1 is 0.500 bits per heavy atom. The van der Waals surface area contributed by atoms with Crippen LogP contribution in [-0.4, -0.2) is 45.8 Å². The van der Waals surface area contributed by atoms with E-state index in [-0.39, 0.29) is 18.3 Å². The van der Waals surface area contributed by atoms with Crippen molar-refractivity contribution in [3.05, 3.63) is 138 Å². The molecule has 1 aliphatic rings. The maximum atomic E-state index is 6.09. The van der Waals surface area contributed by atoms with Gasteiger partial charge < -0.3 is 9.31 Å². The lowest BCUT2D eigenvalue weighted by Gasteiger charge is -2.32. The van der Waals surface area contributed by atoms with Crippen LogP contribution in [0.3, 0.4) is 0 Å². The van der Waals surface area contributed by atoms with Crippen molar-refractivity contribution in [3.63, 3.8) is 0 Å². The van der Waals surface area contributed by atoms with E-state index in [2.05, 4.69) is 114 Å². The van der Waals surface area contributed by atoms with E-state index in [1.807, 2.05) is 91.3 Å². The van der Waals surface area contributed by atoms with Crippen LogP contribution in [0.1, 0.15) is 27.7 Å². The molecule has 0 atom stereocenters. The normalized spacial score (nSPS) is 14.4. The molecule has 0 saturated carbocycles. The summed E-state index contributed by atoms with van der Waals surface area (Å²) in [6, 6.07) is 40.5. The molecule has 0 amide bonds. The summed E-state index contributed by atoms with van der Waals surface area (Å²) < 4.78 is 29.9. The molecule has 1 aliphatic heterocycles. The average molecular weight is 786 g/mol. The van der Waals surface area contributed by atoms with Gasteiger partial charge in [-0.25, -0.2) is 0 Å². The topological polar surface area (TPSA) is 95.8 Å². The van der Waals surface area contributed by atoms with Crippen molar-refractivity contribution in [1.82, 2.24) is 27.5 Å². The largest absolute Gasteiger partial charge is 0.494 e. The van der Waals surface area contributed by atoms with Gasteiger partial charge in [0.1, 0.15) is 22.1 Å². The molecule has 0 radical (unpaired) electrons. The van der Waals surface area contributed by atoms with E-state index in [1.165, 1.54) is 23.5 Å². The number of fused-ring (bicyclic) bond motifs is 2. The molecule has 4 aromatic heterocycles. The highest BCUT2D eigenvalue weighted by molar-refractivity contribution is 9.10. The fourth-order valence-corrected chi connectivity index (χ4v) is 6.82. The van der Waals surface area contributed by atoms with E-state index in [0.29, 0.717) is 0 Å². The Balaban J connectivity index is 0.000000129. The minimum Gasteiger partial charge on any atom is -0.399 e. The second-order valence-corrected chi connectivity index (χ2v) is 15.1. The molecule has 0 unspecified atom stereocenters. The quantitative estimate of drug-likeness (QED) is 0.163. The van der Waals surface area contributed by atoms with E-state index in [9.17, 15) is 0 Å². The van der Waals surface area contributed by atoms with Crippen molar-refractivity contribution in [3.8, 4) is 33.6 Å². The number of rotatable bonds is 4. The van der Waals surface area contributed by atoms with Crippen LogP contribution in [0.25, 0.3) is 55.7 Å². The van der Waals surface area contributed by atoms with Gasteiger partial charge in [-0.3, -0.25) is 9.97 Å². The lowest BCUT2D eigenvalue weighted by Crippen LogP contribution is -2.41. The van der Waals surface area contributed by atoms with Crippen LogP contribution < -0.4 is 5.46 Å². The van der Waals surface area contributed by atoms with Crippen LogP contribution in [0.4, 0.5) is 0 Å². The monoisotopic (exact) mass is 784 g/mol. The molecule has 0 aliphatic carbocycles. The van der Waals surface area contributed by atoms with Gasteiger partial charge >= 0.3 is 7.12 Å². The fourth-order valence-electron chi connectivity index (χ4n) is 5.43. The minimum absolute atomic E-state index is 0.326. The average Bonchev–Trinajstić information content (AvgIpc) is 3.90. The van der Waals surface area contributed by atoms with Gasteiger partial charge in [-0.1, -0.05) is 82.7 Å². The summed E-state index contributed by atoms with van der Waals surface area (Å²) in [6.45, 7) is 8.25. The SMILES string of the molecule is Brc1ccc2nsnc2c1.CC1(C)OB(c2ccnc(-c3ccccc3)c2)OC1(C)C.c1ccc(-c2cc(-c3ccc4nsnc4c3)ccn2)cc1. The lowest BCUT2D eigenvalue weighted by molar-refractivity contribution is 0.00578. The molecule has 9 rings (SSSR count). The van der Waals surface area contributed by atoms with Crippen LogP contribution in [-0.2, 0) is 9.31 Å². The van der Waals surface area contributed by atoms with E-state index >= 15 is 0 Å². The predicted octanol–water partition coefficient (Wildman–Crippen LogP) is 9.92. The van der Waals surface area contributed by atoms with Crippen molar-refractivity contribution in [1.29, 1.82) is 0 Å². The first kappa shape index (κ1) is 35.7. The van der Waals surface area contributed by atoms with Gasteiger partial charge in [-0.2, -0.15) is 17.5 Å². The first-order valence-electron chi connectivity index (χ1n) is 16.6. The third-order valence-electron chi connectivity index (χ3n) is 9.01. The molecule has 0 spiro atoms. The standard InChI is InChI=1S/C17H20BNO2.C17H11N3S.C6H3BrN2S/c1-16(2)17(3,4)21-18(20-16)14-10-11-19-15(12-14)13-8-6-5-7-9-13;1-2-4-12(5-3-1)16-10-14(8-9-18-16)13-6-7-15-17(11-13)20-21-19-15;7-4-1-2-5-6(3-4)9-10-8-5/h5-12H,1-4H3;1-11H;1-3H. The number of benzene rings is 4. The molecule has 1 saturated heterocycles. The van der Waals surface area contributed by atoms with Gasteiger partial charge in [0.25, 0.3) is 0 Å². The van der Waals surface area contributed by atoms with Crippen LogP contribution in [0.15, 0.2) is 138 Å². The van der Waals surface area contributed by atoms with Gasteiger partial charge in [0.2, 0.25) is 0 Å². The Morgan fingerprint density at radius 3 is 1.62 bits per heavy atom. The molecule has 12 heteroatoms. The molecule has 4 aromatic carbocycles. The molecule has 8 nitrogen and oxygen atoms in total. The highest BCUT2D eigenvalue weighted by Gasteiger charge is 2.51. The summed E-state index contributed by atoms with van der Waals surface area (Å²) >= 11 is 5.84. The number of aromatic nitrogens is 6. The highest BCUT2D eigenvalue weighted by atomic mass is 79.9. The minimum atomic E-state index is -0.347. The molecular weight excluding hydrogens is 751 g/mol. The molecule has 52 heavy (non-hydrogen) atoms. The number of nitrogens with zero attached hydrogens (tertiary/aromatic N) is 6. The number of pyridine rings is 2. The molecule has 0 N–H and O–H groups in total. The smallest absolute Gasteiger partial charge is 0.399 e. The summed E-state index contributed by atoms with van der Waals surface area (Å²) in [4.78, 5) is 8.90. The number of halogens is 1. The second-order valence-electron chi connectivity index (χ2n) is 13.1. The van der Waals surface area contributed by atoms with Gasteiger partial charge in [-0.15, -0.1) is 0 Å². The maximum absolute atomic E-state index is 6.09. The zero-order valence-electron chi connectivity index (χ0n) is 29.0. The molecular formula is C40H34BBrN6O2S2. The Morgan fingerprint density at radius 2 is 1.00 bits per heavy atom. The molecule has 258 valence electrons. The van der Waals surface area contributed by atoms with Crippen molar-refractivity contribution in [2.75, 3.05) is 0 Å². The van der Waals surface area contributed by atoms with Gasteiger partial charge in [-0.05, 0) is 98.9 Å². The lowest BCUT2D eigenvalue weighted by atomic mass is 9.79. The first-order valence-corrected chi connectivity index (χ1v) is 18.9. The predicted molar refractivity (Wildman–Crippen MR) is 217 cm³/mol. The van der Waals surface area contributed by atoms with Crippen LogP contribution in [0.2, 0.25) is 0 Å². The molecule has 0 bridgehead atoms. The second kappa shape index (κ2) is 15.5. The summed E-state index contributed by atoms with van der Waals surface area (Å²) in [6.07, 6.45) is 3.66. The number of hydrogen-bond acceptors (Lipinski definition) is 10. The molecule has 8 aromatic rings. The van der Waals surface area contributed by atoms with Crippen molar-refractivity contribution < 1.29 is 9.31 Å². The van der Waals surface area contributed by atoms with Gasteiger partial charge in [0.05, 0.1) is 46.0 Å². The van der Waals surface area contributed by atoms with E-state index in [4.69, 9.17) is 9.31 Å². The summed E-state index contributed by atoms with van der Waals surface area (Å²) in [7, 11) is -0.347. The van der Waals surface area contributed by atoms with Crippen molar-refractivity contribution >= 4 is 74.0 Å². The van der Waals surface area contributed by atoms with Gasteiger partial charge in [0.15, 0.2) is 0 Å². The van der Waals surface area contributed by atoms with Gasteiger partial charge in [0, 0.05) is 28.0 Å². The first-order chi connectivity index (χ1) is 25.1. The summed E-state index contributed by atoms with van der Waals surface area (Å²) in [5, 5.41) is 0. The molecule has 5 heterocycles. The van der Waals surface area contributed by atoms with E-state index in [0.717, 1.165) is 65.6 Å². The van der Waals surface area contributed by atoms with Crippen molar-refractivity contribution in [2.45, 2.75) is 38.9 Å². The Labute approximate surface area is 319 Å². The highest BCUT2D eigenvalue weighted by Crippen LogP contribution is 2.36. The van der Waals surface area contributed by atoms with Crippen molar-refractivity contribution in [2.24, 2.45) is 0 Å². The summed E-state index contributed by atoms with van der Waals surface area (Å²) in [5.41, 5.74) is 10.6. The zero-order valence-corrected chi connectivity index (χ0v) is 32.2. The maximum Gasteiger partial charge on any atom is 0.494 e. The Kier molecular flexibility index (Phi) is 10.6. The third-order valence-corrected chi connectivity index (χ3v) is 10.6. The fraction of sp³-hybridized carbons (Fsp3) is 0.150. The van der Waals surface area contributed by atoms with Crippen LogP contribution >= 0.6 is 39.4 Å². The van der Waals surface area contributed by atoms with E-state index < -0.39 is 0 Å². The summed E-state index contributed by atoms with van der Waals surface area (Å²) in [5.74, 6) is 0. The van der Waals surface area contributed by atoms with E-state index in [1.54, 1.807) is 0 Å².